The number of anilines is 1. The molecule has 0 saturated carbocycles. The first-order valence-electron chi connectivity index (χ1n) is 5.55. The Morgan fingerprint density at radius 3 is 2.62 bits per heavy atom. The Morgan fingerprint density at radius 2 is 2.00 bits per heavy atom. The Morgan fingerprint density at radius 1 is 1.31 bits per heavy atom. The second-order valence-corrected chi connectivity index (χ2v) is 4.34. The second-order valence-electron chi connectivity index (χ2n) is 4.34. The summed E-state index contributed by atoms with van der Waals surface area (Å²) in [6, 6.07) is 4.34. The summed E-state index contributed by atoms with van der Waals surface area (Å²) in [7, 11) is 2.09. The first-order valence-corrected chi connectivity index (χ1v) is 5.55. The van der Waals surface area contributed by atoms with Crippen molar-refractivity contribution in [2.75, 3.05) is 25.9 Å². The summed E-state index contributed by atoms with van der Waals surface area (Å²) in [5, 5.41) is 0. The van der Waals surface area contributed by atoms with Crippen LogP contribution < -0.4 is 10.5 Å². The van der Waals surface area contributed by atoms with Gasteiger partial charge in [-0.05, 0) is 26.0 Å². The first-order chi connectivity index (χ1) is 7.63. The minimum Gasteiger partial charge on any atom is -0.490 e. The topological polar surface area (TPSA) is 38.5 Å². The van der Waals surface area contributed by atoms with Crippen molar-refractivity contribution in [2.24, 2.45) is 0 Å². The summed E-state index contributed by atoms with van der Waals surface area (Å²) in [6.45, 7) is 2.05. The van der Waals surface area contributed by atoms with E-state index in [4.69, 9.17) is 10.5 Å². The van der Waals surface area contributed by atoms with Gasteiger partial charge in [0.05, 0.1) is 0 Å². The van der Waals surface area contributed by atoms with Crippen LogP contribution in [0.3, 0.4) is 0 Å². The SMILES string of the molecule is CN1CCC(Oc2cc(N)cc(F)c2)CC1. The van der Waals surface area contributed by atoms with Crippen LogP contribution in [0, 0.1) is 5.82 Å². The standard InChI is InChI=1S/C12H17FN2O/c1-15-4-2-11(3-5-15)16-12-7-9(13)6-10(14)8-12/h6-8,11H,2-5,14H2,1H3. The van der Waals surface area contributed by atoms with Crippen LogP contribution in [0.5, 0.6) is 5.75 Å². The first kappa shape index (κ1) is 11.2. The van der Waals surface area contributed by atoms with E-state index < -0.39 is 0 Å². The van der Waals surface area contributed by atoms with Gasteiger partial charge in [-0.25, -0.2) is 4.39 Å². The maximum Gasteiger partial charge on any atom is 0.128 e. The van der Waals surface area contributed by atoms with Gasteiger partial charge in [-0.2, -0.15) is 0 Å². The summed E-state index contributed by atoms with van der Waals surface area (Å²) in [5.74, 6) is 0.190. The number of ether oxygens (including phenoxy) is 1. The van der Waals surface area contributed by atoms with Crippen molar-refractivity contribution in [1.82, 2.24) is 4.90 Å². The lowest BCUT2D eigenvalue weighted by molar-refractivity contribution is 0.114. The largest absolute Gasteiger partial charge is 0.490 e. The zero-order valence-electron chi connectivity index (χ0n) is 9.45. The molecular weight excluding hydrogens is 207 g/mol. The molecule has 1 fully saturated rings. The van der Waals surface area contributed by atoms with Crippen LogP contribution in [-0.2, 0) is 0 Å². The van der Waals surface area contributed by atoms with Crippen LogP contribution in [-0.4, -0.2) is 31.1 Å². The quantitative estimate of drug-likeness (QED) is 0.779. The van der Waals surface area contributed by atoms with Crippen molar-refractivity contribution in [2.45, 2.75) is 18.9 Å². The normalized spacial score (nSPS) is 18.6. The highest BCUT2D eigenvalue weighted by atomic mass is 19.1. The summed E-state index contributed by atoms with van der Waals surface area (Å²) in [5.41, 5.74) is 5.96. The van der Waals surface area contributed by atoms with Crippen LogP contribution in [0.25, 0.3) is 0 Å². The predicted molar refractivity (Wildman–Crippen MR) is 62.0 cm³/mol. The Balaban J connectivity index is 1.98. The van der Waals surface area contributed by atoms with Crippen molar-refractivity contribution < 1.29 is 9.13 Å². The molecule has 0 amide bonds. The van der Waals surface area contributed by atoms with Crippen LogP contribution in [0.15, 0.2) is 18.2 Å². The third-order valence-corrected chi connectivity index (χ3v) is 2.86. The summed E-state index contributed by atoms with van der Waals surface area (Å²) in [4.78, 5) is 2.26. The molecule has 0 spiro atoms. The summed E-state index contributed by atoms with van der Waals surface area (Å²) in [6.07, 6.45) is 2.14. The zero-order chi connectivity index (χ0) is 11.5. The van der Waals surface area contributed by atoms with Crippen LogP contribution >= 0.6 is 0 Å². The van der Waals surface area contributed by atoms with E-state index in [1.807, 2.05) is 0 Å². The number of nitrogens with two attached hydrogens (primary N) is 1. The maximum absolute atomic E-state index is 13.1. The second kappa shape index (κ2) is 4.70. The molecule has 1 heterocycles. The van der Waals surface area contributed by atoms with Gasteiger partial charge in [-0.15, -0.1) is 0 Å². The van der Waals surface area contributed by atoms with E-state index in [1.165, 1.54) is 12.1 Å². The molecule has 0 unspecified atom stereocenters. The Labute approximate surface area is 95.0 Å². The van der Waals surface area contributed by atoms with Crippen molar-refractivity contribution in [3.05, 3.63) is 24.0 Å². The van der Waals surface area contributed by atoms with E-state index >= 15 is 0 Å². The minimum absolute atomic E-state index is 0.178. The molecule has 0 aliphatic carbocycles. The van der Waals surface area contributed by atoms with Gasteiger partial charge in [0.25, 0.3) is 0 Å². The van der Waals surface area contributed by atoms with Gasteiger partial charge >= 0.3 is 0 Å². The van der Waals surface area contributed by atoms with Gasteiger partial charge in [-0.1, -0.05) is 0 Å². The number of halogens is 1. The van der Waals surface area contributed by atoms with Gasteiger partial charge in [0.1, 0.15) is 17.7 Å². The molecule has 1 aromatic rings. The number of nitrogens with zero attached hydrogens (tertiary/aromatic N) is 1. The highest BCUT2D eigenvalue weighted by Crippen LogP contribution is 2.22. The number of hydrogen-bond acceptors (Lipinski definition) is 3. The van der Waals surface area contributed by atoms with E-state index in [0.29, 0.717) is 11.4 Å². The fraction of sp³-hybridized carbons (Fsp3) is 0.500. The maximum atomic E-state index is 13.1. The molecule has 1 aliphatic heterocycles. The fourth-order valence-electron chi connectivity index (χ4n) is 1.95. The Bertz CT molecular complexity index is 342. The molecule has 0 aromatic heterocycles. The van der Waals surface area contributed by atoms with E-state index in [-0.39, 0.29) is 11.9 Å². The highest BCUT2D eigenvalue weighted by molar-refractivity contribution is 5.44. The summed E-state index contributed by atoms with van der Waals surface area (Å²) >= 11 is 0. The molecule has 3 nitrogen and oxygen atoms in total. The third-order valence-electron chi connectivity index (χ3n) is 2.86. The molecule has 2 rings (SSSR count). The molecule has 2 N–H and O–H groups in total. The Kier molecular flexibility index (Phi) is 3.29. The number of piperidine rings is 1. The number of benzene rings is 1. The van der Waals surface area contributed by atoms with E-state index in [2.05, 4.69) is 11.9 Å². The molecule has 0 radical (unpaired) electrons. The smallest absolute Gasteiger partial charge is 0.128 e. The number of hydrogen-bond donors (Lipinski definition) is 1. The molecule has 4 heteroatoms. The summed E-state index contributed by atoms with van der Waals surface area (Å²) < 4.78 is 18.8. The number of nitrogen functional groups attached to an aromatic ring is 1. The van der Waals surface area contributed by atoms with Crippen molar-refractivity contribution in [1.29, 1.82) is 0 Å². The lowest BCUT2D eigenvalue weighted by Crippen LogP contribution is -2.35. The molecule has 1 saturated heterocycles. The molecule has 1 aromatic carbocycles. The molecule has 0 atom stereocenters. The molecule has 1 aliphatic rings. The number of likely N-dealkylation sites (tertiary alicyclic amines) is 1. The zero-order valence-corrected chi connectivity index (χ0v) is 9.45. The van der Waals surface area contributed by atoms with Gasteiger partial charge in [0, 0.05) is 30.9 Å². The molecule has 88 valence electrons. The number of rotatable bonds is 2. The lowest BCUT2D eigenvalue weighted by Gasteiger charge is -2.29. The van der Waals surface area contributed by atoms with Gasteiger partial charge in [0.15, 0.2) is 0 Å². The van der Waals surface area contributed by atoms with E-state index in [9.17, 15) is 4.39 Å². The van der Waals surface area contributed by atoms with Gasteiger partial charge in [-0.3, -0.25) is 0 Å². The van der Waals surface area contributed by atoms with Gasteiger partial charge in [0.2, 0.25) is 0 Å². The van der Waals surface area contributed by atoms with E-state index in [0.717, 1.165) is 25.9 Å². The van der Waals surface area contributed by atoms with Crippen molar-refractivity contribution >= 4 is 5.69 Å². The van der Waals surface area contributed by atoms with Crippen LogP contribution in [0.4, 0.5) is 10.1 Å². The lowest BCUT2D eigenvalue weighted by atomic mass is 10.1. The van der Waals surface area contributed by atoms with Crippen LogP contribution in [0.2, 0.25) is 0 Å². The minimum atomic E-state index is -0.345. The predicted octanol–water partition coefficient (Wildman–Crippen LogP) is 1.88. The average molecular weight is 224 g/mol. The third kappa shape index (κ3) is 2.85. The Hall–Kier alpha value is -1.29. The molecular formula is C12H17FN2O. The molecule has 16 heavy (non-hydrogen) atoms. The van der Waals surface area contributed by atoms with E-state index in [1.54, 1.807) is 6.07 Å². The van der Waals surface area contributed by atoms with Crippen molar-refractivity contribution in [3.8, 4) is 5.75 Å². The van der Waals surface area contributed by atoms with Crippen molar-refractivity contribution in [3.63, 3.8) is 0 Å². The monoisotopic (exact) mass is 224 g/mol. The fourth-order valence-corrected chi connectivity index (χ4v) is 1.95. The molecule has 0 bridgehead atoms. The average Bonchev–Trinajstić information content (AvgIpc) is 2.20. The van der Waals surface area contributed by atoms with Crippen LogP contribution in [0.1, 0.15) is 12.8 Å². The van der Waals surface area contributed by atoms with Gasteiger partial charge < -0.3 is 15.4 Å². The highest BCUT2D eigenvalue weighted by Gasteiger charge is 2.18.